The molecule has 4 heterocycles. The Morgan fingerprint density at radius 3 is 2.63 bits per heavy atom. The van der Waals surface area contributed by atoms with Gasteiger partial charge in [-0.15, -0.1) is 11.3 Å². The van der Waals surface area contributed by atoms with E-state index in [1.165, 1.54) is 17.4 Å². The summed E-state index contributed by atoms with van der Waals surface area (Å²) in [5.74, 6) is -1.41. The summed E-state index contributed by atoms with van der Waals surface area (Å²) < 4.78 is 20.3. The highest BCUT2D eigenvalue weighted by molar-refractivity contribution is 7.11. The lowest BCUT2D eigenvalue weighted by atomic mass is 9.91. The molecule has 2 saturated heterocycles. The Hall–Kier alpha value is -4.62. The van der Waals surface area contributed by atoms with Gasteiger partial charge in [-0.05, 0) is 55.7 Å². The number of nitrogens with one attached hydrogen (secondary N) is 1. The van der Waals surface area contributed by atoms with Crippen LogP contribution in [0.15, 0.2) is 70.3 Å². The average molecular weight is 647 g/mol. The van der Waals surface area contributed by atoms with Crippen molar-refractivity contribution in [2.45, 2.75) is 38.9 Å². The van der Waals surface area contributed by atoms with E-state index >= 15 is 0 Å². The maximum absolute atomic E-state index is 14.8. The number of aromatic carboxylic acids is 1. The van der Waals surface area contributed by atoms with Crippen LogP contribution in [0.1, 0.15) is 51.9 Å². The molecule has 0 spiro atoms. The Labute approximate surface area is 270 Å². The zero-order valence-electron chi connectivity index (χ0n) is 25.8. The molecule has 6 rings (SSSR count). The number of hydrogen-bond acceptors (Lipinski definition) is 9. The average Bonchev–Trinajstić information content (AvgIpc) is 3.65. The number of urea groups is 1. The van der Waals surface area contributed by atoms with Crippen molar-refractivity contribution in [1.29, 1.82) is 0 Å². The fraction of sp³-hybridized carbons (Fsp3) is 0.364. The summed E-state index contributed by atoms with van der Waals surface area (Å²) >= 11 is 1.41. The van der Waals surface area contributed by atoms with Crippen LogP contribution < -0.4 is 5.32 Å². The van der Waals surface area contributed by atoms with Crippen molar-refractivity contribution < 1.29 is 28.6 Å². The Morgan fingerprint density at radius 2 is 1.93 bits per heavy atom. The zero-order chi connectivity index (χ0) is 32.6. The lowest BCUT2D eigenvalue weighted by molar-refractivity contribution is -0.139. The maximum Gasteiger partial charge on any atom is 0.338 e. The van der Waals surface area contributed by atoms with Crippen LogP contribution >= 0.6 is 11.3 Å². The molecule has 3 aliphatic heterocycles. The molecule has 0 radical (unpaired) electrons. The Morgan fingerprint density at radius 1 is 1.15 bits per heavy atom. The van der Waals surface area contributed by atoms with E-state index in [1.54, 1.807) is 61.3 Å². The predicted octanol–water partition coefficient (Wildman–Crippen LogP) is 4.21. The van der Waals surface area contributed by atoms with Gasteiger partial charge in [0, 0.05) is 56.5 Å². The third kappa shape index (κ3) is 5.99. The first-order valence-corrected chi connectivity index (χ1v) is 16.0. The van der Waals surface area contributed by atoms with Crippen LogP contribution in [0.5, 0.6) is 0 Å². The smallest absolute Gasteiger partial charge is 0.338 e. The molecule has 0 saturated carbocycles. The standard InChI is InChI=1S/C33H35FN6O5S/c1-4-45-31(43)26-25(36-28(29-35-12-15-46-29)37-27(26)23-6-5-7-24(34)20(23)2)17-38-13-14-40-32(44)39(19-33(40,3)18-38)16-21-8-10-22(11-9-21)30(41)42/h5-12,15,27H,4,13-14,16-19H2,1-3H3,(H,36,37)(H,41,42)/t27-,33-/m0/s1. The third-order valence-corrected chi connectivity index (χ3v) is 9.48. The van der Waals surface area contributed by atoms with Crippen molar-refractivity contribution in [1.82, 2.24) is 25.0 Å². The molecule has 0 aliphatic carbocycles. The number of ether oxygens (including phenoxy) is 1. The number of piperazine rings is 1. The molecule has 1 aromatic heterocycles. The molecular formula is C33H35FN6O5S. The monoisotopic (exact) mass is 646 g/mol. The quantitative estimate of drug-likeness (QED) is 0.331. The van der Waals surface area contributed by atoms with Crippen LogP contribution in [-0.4, -0.2) is 93.5 Å². The molecule has 2 fully saturated rings. The number of fused-ring (bicyclic) bond motifs is 1. The topological polar surface area (TPSA) is 128 Å². The first-order valence-electron chi connectivity index (χ1n) is 15.1. The molecule has 2 amide bonds. The molecule has 2 N–H and O–H groups in total. The summed E-state index contributed by atoms with van der Waals surface area (Å²) in [6, 6.07) is 10.5. The Bertz CT molecular complexity index is 1730. The van der Waals surface area contributed by atoms with Gasteiger partial charge in [0.15, 0.2) is 10.8 Å². The largest absolute Gasteiger partial charge is 0.478 e. The predicted molar refractivity (Wildman–Crippen MR) is 170 cm³/mol. The van der Waals surface area contributed by atoms with Crippen LogP contribution in [0, 0.1) is 12.7 Å². The summed E-state index contributed by atoms with van der Waals surface area (Å²) in [7, 11) is 0. The second-order valence-corrected chi connectivity index (χ2v) is 12.8. The second kappa shape index (κ2) is 12.6. The highest BCUT2D eigenvalue weighted by Crippen LogP contribution is 2.37. The van der Waals surface area contributed by atoms with E-state index in [0.29, 0.717) is 72.5 Å². The van der Waals surface area contributed by atoms with Gasteiger partial charge in [-0.25, -0.2) is 23.8 Å². The van der Waals surface area contributed by atoms with Gasteiger partial charge in [0.05, 0.1) is 23.3 Å². The molecule has 11 nitrogen and oxygen atoms in total. The van der Waals surface area contributed by atoms with E-state index in [1.807, 2.05) is 10.3 Å². The number of rotatable bonds is 9. The van der Waals surface area contributed by atoms with Crippen molar-refractivity contribution in [3.8, 4) is 0 Å². The van der Waals surface area contributed by atoms with Gasteiger partial charge in [-0.2, -0.15) is 0 Å². The van der Waals surface area contributed by atoms with E-state index in [2.05, 4.69) is 22.1 Å². The molecule has 46 heavy (non-hydrogen) atoms. The number of hydrogen-bond donors (Lipinski definition) is 2. The van der Waals surface area contributed by atoms with Gasteiger partial charge < -0.3 is 25.0 Å². The van der Waals surface area contributed by atoms with Crippen LogP contribution in [0.3, 0.4) is 0 Å². The van der Waals surface area contributed by atoms with Crippen molar-refractivity contribution in [3.05, 3.63) is 98.4 Å². The minimum absolute atomic E-state index is 0.0634. The minimum Gasteiger partial charge on any atom is -0.478 e. The molecule has 0 unspecified atom stereocenters. The molecule has 2 aromatic carbocycles. The van der Waals surface area contributed by atoms with E-state index in [4.69, 9.17) is 9.73 Å². The van der Waals surface area contributed by atoms with Crippen LogP contribution in [0.2, 0.25) is 0 Å². The maximum atomic E-state index is 14.8. The normalized spacial score (nSPS) is 21.6. The number of amides is 2. The van der Waals surface area contributed by atoms with Gasteiger partial charge in [0.2, 0.25) is 0 Å². The number of carboxylic acid groups (broad SMARTS) is 1. The number of aliphatic imine (C=N–C) groups is 1. The fourth-order valence-corrected chi connectivity index (χ4v) is 7.08. The lowest BCUT2D eigenvalue weighted by Gasteiger charge is -2.44. The van der Waals surface area contributed by atoms with Crippen LogP contribution in [-0.2, 0) is 16.1 Å². The zero-order valence-corrected chi connectivity index (χ0v) is 26.6. The van der Waals surface area contributed by atoms with E-state index in [0.717, 1.165) is 5.56 Å². The molecule has 3 aromatic rings. The highest BCUT2D eigenvalue weighted by atomic mass is 32.1. The van der Waals surface area contributed by atoms with Crippen molar-refractivity contribution in [2.75, 3.05) is 39.3 Å². The third-order valence-electron chi connectivity index (χ3n) is 8.71. The number of esters is 1. The number of carbonyl (C=O) groups excluding carboxylic acids is 2. The van der Waals surface area contributed by atoms with Gasteiger partial charge >= 0.3 is 18.0 Å². The van der Waals surface area contributed by atoms with E-state index in [-0.39, 0.29) is 24.0 Å². The number of carboxylic acids is 1. The summed E-state index contributed by atoms with van der Waals surface area (Å²) in [5.41, 5.74) is 2.44. The first-order chi connectivity index (χ1) is 22.1. The summed E-state index contributed by atoms with van der Waals surface area (Å²) in [6.07, 6.45) is 1.68. The van der Waals surface area contributed by atoms with Crippen LogP contribution in [0.25, 0.3) is 0 Å². The number of thiazole rings is 1. The van der Waals surface area contributed by atoms with Crippen molar-refractivity contribution >= 4 is 35.1 Å². The first kappa shape index (κ1) is 31.4. The SMILES string of the molecule is CCOC(=O)C1=C(CN2CCN3C(=O)N(Cc4ccc(C(=O)O)cc4)C[C@]3(C)C2)NC(c2nccs2)=N[C@H]1c1cccc(F)c1C. The van der Waals surface area contributed by atoms with Crippen molar-refractivity contribution in [3.63, 3.8) is 0 Å². The number of amidine groups is 1. The molecule has 3 aliphatic rings. The fourth-order valence-electron chi connectivity index (χ4n) is 6.49. The Balaban J connectivity index is 1.28. The van der Waals surface area contributed by atoms with Crippen LogP contribution in [0.4, 0.5) is 9.18 Å². The van der Waals surface area contributed by atoms with E-state index in [9.17, 15) is 23.9 Å². The van der Waals surface area contributed by atoms with Gasteiger partial charge in [0.25, 0.3) is 0 Å². The summed E-state index contributed by atoms with van der Waals surface area (Å²) in [6.45, 7) is 8.44. The summed E-state index contributed by atoms with van der Waals surface area (Å²) in [5, 5.41) is 15.1. The number of benzene rings is 2. The minimum atomic E-state index is -0.996. The molecule has 13 heteroatoms. The van der Waals surface area contributed by atoms with E-state index < -0.39 is 23.5 Å². The molecule has 0 bridgehead atoms. The second-order valence-electron chi connectivity index (χ2n) is 11.9. The number of aromatic nitrogens is 1. The molecule has 240 valence electrons. The van der Waals surface area contributed by atoms with Gasteiger partial charge in [-0.1, -0.05) is 24.3 Å². The molecular weight excluding hydrogens is 611 g/mol. The van der Waals surface area contributed by atoms with Crippen molar-refractivity contribution in [2.24, 2.45) is 4.99 Å². The Kier molecular flexibility index (Phi) is 8.62. The summed E-state index contributed by atoms with van der Waals surface area (Å²) in [4.78, 5) is 53.5. The van der Waals surface area contributed by atoms with Gasteiger partial charge in [0.1, 0.15) is 11.9 Å². The number of halogens is 1. The number of nitrogens with zero attached hydrogens (tertiary/aromatic N) is 5. The molecule has 2 atom stereocenters. The number of carbonyl (C=O) groups is 3. The highest BCUT2D eigenvalue weighted by Gasteiger charge is 2.49. The lowest BCUT2D eigenvalue weighted by Crippen LogP contribution is -2.60. The van der Waals surface area contributed by atoms with Gasteiger partial charge in [-0.3, -0.25) is 9.89 Å².